The van der Waals surface area contributed by atoms with Gasteiger partial charge in [0, 0.05) is 16.5 Å². The summed E-state index contributed by atoms with van der Waals surface area (Å²) in [5.74, 6) is 0.259. The molecule has 5 aromatic rings. The fraction of sp³-hybridized carbons (Fsp3) is 0.160. The Morgan fingerprint density at radius 3 is 2.68 bits per heavy atom. The molecule has 0 aliphatic rings. The monoisotopic (exact) mass is 412 g/mol. The van der Waals surface area contributed by atoms with Crippen molar-refractivity contribution in [2.24, 2.45) is 0 Å². The van der Waals surface area contributed by atoms with Gasteiger partial charge >= 0.3 is 5.97 Å². The summed E-state index contributed by atoms with van der Waals surface area (Å²) in [5, 5.41) is 11.2. The number of fused-ring (bicyclic) bond motifs is 3. The van der Waals surface area contributed by atoms with Crippen LogP contribution in [0.2, 0.25) is 0 Å². The highest BCUT2D eigenvalue weighted by atomic mass is 16.6. The number of ether oxygens (including phenoxy) is 1. The van der Waals surface area contributed by atoms with Gasteiger partial charge in [0.15, 0.2) is 6.10 Å². The Bertz CT molecular complexity index is 1380. The van der Waals surface area contributed by atoms with Crippen LogP contribution in [0.25, 0.3) is 33.2 Å². The lowest BCUT2D eigenvalue weighted by Crippen LogP contribution is -2.11. The van der Waals surface area contributed by atoms with Gasteiger partial charge in [0.25, 0.3) is 5.89 Å². The largest absolute Gasteiger partial charge is 0.464 e. The van der Waals surface area contributed by atoms with Crippen LogP contribution in [-0.2, 0) is 16.0 Å². The van der Waals surface area contributed by atoms with Crippen molar-refractivity contribution in [1.82, 2.24) is 10.2 Å². The Morgan fingerprint density at radius 1 is 1.03 bits per heavy atom. The number of hydrogen-bond donors (Lipinski definition) is 0. The highest BCUT2D eigenvalue weighted by molar-refractivity contribution is 6.08. The number of aromatic nitrogens is 2. The standard InChI is InChI=1S/C25H20N2O4/c1-15-7-9-18(10-8-15)25-27-26-24(31-25)16(2)30-22(28)13-19-14-29-21-12-11-17-5-3-4-6-20(17)23(19)21/h3-12,14,16H,13H2,1-2H3/t16-/m0/s1. The highest BCUT2D eigenvalue weighted by Crippen LogP contribution is 2.31. The minimum atomic E-state index is -0.658. The number of rotatable bonds is 5. The fourth-order valence-electron chi connectivity index (χ4n) is 3.66. The van der Waals surface area contributed by atoms with E-state index in [9.17, 15) is 4.79 Å². The molecule has 3 aromatic carbocycles. The van der Waals surface area contributed by atoms with Crippen molar-refractivity contribution in [2.75, 3.05) is 0 Å². The molecule has 0 N–H and O–H groups in total. The van der Waals surface area contributed by atoms with Crippen LogP contribution in [0.4, 0.5) is 0 Å². The third-order valence-electron chi connectivity index (χ3n) is 5.27. The van der Waals surface area contributed by atoms with Crippen LogP contribution < -0.4 is 0 Å². The Morgan fingerprint density at radius 2 is 1.84 bits per heavy atom. The Labute approximate surface area is 178 Å². The van der Waals surface area contributed by atoms with Crippen LogP contribution in [-0.4, -0.2) is 16.2 Å². The van der Waals surface area contributed by atoms with Gasteiger partial charge in [0.05, 0.1) is 12.7 Å². The molecule has 1 atom stereocenters. The molecule has 154 valence electrons. The second-order valence-electron chi connectivity index (χ2n) is 7.54. The van der Waals surface area contributed by atoms with Crippen LogP contribution in [0, 0.1) is 6.92 Å². The molecule has 0 aliphatic carbocycles. The predicted octanol–water partition coefficient (Wildman–Crippen LogP) is 5.79. The first kappa shape index (κ1) is 19.1. The first-order valence-electron chi connectivity index (χ1n) is 10.1. The molecule has 0 aliphatic heterocycles. The van der Waals surface area contributed by atoms with Gasteiger partial charge in [-0.2, -0.15) is 0 Å². The van der Waals surface area contributed by atoms with Gasteiger partial charge in [0.1, 0.15) is 5.58 Å². The summed E-state index contributed by atoms with van der Waals surface area (Å²) in [5.41, 5.74) is 3.49. The highest BCUT2D eigenvalue weighted by Gasteiger charge is 2.21. The smallest absolute Gasteiger partial charge is 0.311 e. The van der Waals surface area contributed by atoms with E-state index >= 15 is 0 Å². The number of carbonyl (C=O) groups excluding carboxylic acids is 1. The van der Waals surface area contributed by atoms with Crippen LogP contribution in [0.1, 0.15) is 30.0 Å². The number of furan rings is 1. The molecular formula is C25H20N2O4. The first-order valence-corrected chi connectivity index (χ1v) is 10.1. The maximum Gasteiger partial charge on any atom is 0.311 e. The van der Waals surface area contributed by atoms with E-state index in [1.165, 1.54) is 0 Å². The molecule has 0 spiro atoms. The van der Waals surface area contributed by atoms with Crippen molar-refractivity contribution < 1.29 is 18.4 Å². The average molecular weight is 412 g/mol. The van der Waals surface area contributed by atoms with E-state index in [0.717, 1.165) is 38.4 Å². The van der Waals surface area contributed by atoms with Gasteiger partial charge in [-0.1, -0.05) is 48.0 Å². The maximum atomic E-state index is 12.6. The van der Waals surface area contributed by atoms with Crippen molar-refractivity contribution in [3.05, 3.63) is 83.9 Å². The molecule has 0 amide bonds. The second-order valence-corrected chi connectivity index (χ2v) is 7.54. The Balaban J connectivity index is 1.33. The van der Waals surface area contributed by atoms with Gasteiger partial charge in [-0.3, -0.25) is 4.79 Å². The maximum absolute atomic E-state index is 12.6. The van der Waals surface area contributed by atoms with E-state index in [1.807, 2.05) is 67.6 Å². The molecule has 0 saturated heterocycles. The van der Waals surface area contributed by atoms with E-state index in [2.05, 4.69) is 10.2 Å². The summed E-state index contributed by atoms with van der Waals surface area (Å²) in [7, 11) is 0. The van der Waals surface area contributed by atoms with Gasteiger partial charge in [0.2, 0.25) is 5.89 Å². The van der Waals surface area contributed by atoms with E-state index in [0.29, 0.717) is 5.89 Å². The number of benzene rings is 3. The van der Waals surface area contributed by atoms with E-state index < -0.39 is 12.1 Å². The molecule has 0 fully saturated rings. The molecule has 31 heavy (non-hydrogen) atoms. The molecule has 0 unspecified atom stereocenters. The normalized spacial score (nSPS) is 12.3. The fourth-order valence-corrected chi connectivity index (χ4v) is 3.66. The van der Waals surface area contributed by atoms with Crippen LogP contribution in [0.5, 0.6) is 0 Å². The lowest BCUT2D eigenvalue weighted by molar-refractivity contribution is -0.148. The average Bonchev–Trinajstić information content (AvgIpc) is 3.42. The summed E-state index contributed by atoms with van der Waals surface area (Å²) in [6, 6.07) is 19.7. The number of aryl methyl sites for hydroxylation is 1. The third kappa shape index (κ3) is 3.68. The van der Waals surface area contributed by atoms with Gasteiger partial charge in [-0.15, -0.1) is 10.2 Å². The number of carbonyl (C=O) groups is 1. The molecule has 5 rings (SSSR count). The zero-order chi connectivity index (χ0) is 21.4. The predicted molar refractivity (Wildman–Crippen MR) is 116 cm³/mol. The first-order chi connectivity index (χ1) is 15.1. The molecule has 0 radical (unpaired) electrons. The van der Waals surface area contributed by atoms with Crippen molar-refractivity contribution in [1.29, 1.82) is 0 Å². The third-order valence-corrected chi connectivity index (χ3v) is 5.27. The lowest BCUT2D eigenvalue weighted by Gasteiger charge is -2.09. The van der Waals surface area contributed by atoms with E-state index in [-0.39, 0.29) is 12.3 Å². The Kier molecular flexibility index (Phi) is 4.75. The molecule has 0 bridgehead atoms. The van der Waals surface area contributed by atoms with Crippen molar-refractivity contribution in [2.45, 2.75) is 26.4 Å². The van der Waals surface area contributed by atoms with Crippen LogP contribution >= 0.6 is 0 Å². The van der Waals surface area contributed by atoms with E-state index in [1.54, 1.807) is 13.2 Å². The van der Waals surface area contributed by atoms with Crippen molar-refractivity contribution >= 4 is 27.7 Å². The van der Waals surface area contributed by atoms with Crippen LogP contribution in [0.3, 0.4) is 0 Å². The minimum Gasteiger partial charge on any atom is -0.464 e. The summed E-state index contributed by atoms with van der Waals surface area (Å²) in [6.07, 6.45) is 1.05. The van der Waals surface area contributed by atoms with E-state index in [4.69, 9.17) is 13.6 Å². The number of esters is 1. The Hall–Kier alpha value is -3.93. The van der Waals surface area contributed by atoms with Crippen LogP contribution in [0.15, 0.2) is 75.8 Å². The van der Waals surface area contributed by atoms with Gasteiger partial charge in [-0.25, -0.2) is 0 Å². The molecule has 2 aromatic heterocycles. The molecule has 0 saturated carbocycles. The number of nitrogens with zero attached hydrogens (tertiary/aromatic N) is 2. The summed E-state index contributed by atoms with van der Waals surface area (Å²) in [6.45, 7) is 3.73. The quantitative estimate of drug-likeness (QED) is 0.340. The minimum absolute atomic E-state index is 0.0876. The van der Waals surface area contributed by atoms with Gasteiger partial charge < -0.3 is 13.6 Å². The number of hydrogen-bond acceptors (Lipinski definition) is 6. The molecule has 6 nitrogen and oxygen atoms in total. The summed E-state index contributed by atoms with van der Waals surface area (Å²) < 4.78 is 16.9. The topological polar surface area (TPSA) is 78.4 Å². The molecular weight excluding hydrogens is 392 g/mol. The lowest BCUT2D eigenvalue weighted by atomic mass is 10.0. The summed E-state index contributed by atoms with van der Waals surface area (Å²) in [4.78, 5) is 12.6. The zero-order valence-electron chi connectivity index (χ0n) is 17.2. The van der Waals surface area contributed by atoms with Crippen molar-refractivity contribution in [3.63, 3.8) is 0 Å². The zero-order valence-corrected chi connectivity index (χ0v) is 17.2. The van der Waals surface area contributed by atoms with Gasteiger partial charge in [-0.05, 0) is 42.8 Å². The summed E-state index contributed by atoms with van der Waals surface area (Å²) >= 11 is 0. The molecule has 2 heterocycles. The van der Waals surface area contributed by atoms with Crippen molar-refractivity contribution in [3.8, 4) is 11.5 Å². The molecule has 6 heteroatoms. The SMILES string of the molecule is Cc1ccc(-c2nnc([C@H](C)OC(=O)Cc3coc4ccc5ccccc5c34)o2)cc1. The second kappa shape index (κ2) is 7.72.